The Morgan fingerprint density at radius 3 is 2.07 bits per heavy atom. The molecule has 0 unspecified atom stereocenters. The highest BCUT2D eigenvalue weighted by Crippen LogP contribution is 1.97. The van der Waals surface area contributed by atoms with Crippen LogP contribution in [0.1, 0.15) is 12.5 Å². The summed E-state index contributed by atoms with van der Waals surface area (Å²) in [5.41, 5.74) is 1.12. The summed E-state index contributed by atoms with van der Waals surface area (Å²) in [6.07, 6.45) is 2.39. The van der Waals surface area contributed by atoms with E-state index in [1.54, 1.807) is 0 Å². The predicted octanol–water partition coefficient (Wildman–Crippen LogP) is 2.86. The first-order valence-corrected chi connectivity index (χ1v) is 4.33. The molecule has 0 aliphatic carbocycles. The monoisotopic (exact) mass is 206 g/mol. The number of carboxylic acids is 1. The summed E-state index contributed by atoms with van der Waals surface area (Å²) in [5, 5.41) is 15.9. The van der Waals surface area contributed by atoms with Crippen molar-refractivity contribution >= 4 is 12.0 Å². The molecule has 0 heterocycles. The highest BCUT2D eigenvalue weighted by Gasteiger charge is 1.95. The Morgan fingerprint density at radius 2 is 1.87 bits per heavy atom. The van der Waals surface area contributed by atoms with E-state index in [9.17, 15) is 4.79 Å². The van der Waals surface area contributed by atoms with E-state index >= 15 is 0 Å². The number of rotatable bonds is 2. The van der Waals surface area contributed by atoms with Gasteiger partial charge in [-0.15, -0.1) is 0 Å². The van der Waals surface area contributed by atoms with Crippen LogP contribution in [-0.4, -0.2) is 16.2 Å². The maximum Gasteiger partial charge on any atom is 0.334 e. The van der Waals surface area contributed by atoms with Crippen LogP contribution in [0.4, 0.5) is 0 Å². The molecule has 0 radical (unpaired) electrons. The average molecular weight is 206 g/mol. The SMILES string of the molecule is C=Cc1ccccc1.CC(=CO)C(=O)O. The lowest BCUT2D eigenvalue weighted by molar-refractivity contribution is -0.132. The zero-order valence-electron chi connectivity index (χ0n) is 8.55. The van der Waals surface area contributed by atoms with Crippen molar-refractivity contribution in [3.8, 4) is 0 Å². The lowest BCUT2D eigenvalue weighted by Gasteiger charge is -1.85. The fourth-order valence-corrected chi connectivity index (χ4v) is 0.644. The summed E-state index contributed by atoms with van der Waals surface area (Å²) >= 11 is 0. The summed E-state index contributed by atoms with van der Waals surface area (Å²) in [4.78, 5) is 9.70. The largest absolute Gasteiger partial charge is 0.515 e. The van der Waals surface area contributed by atoms with Crippen molar-refractivity contribution in [1.82, 2.24) is 0 Å². The predicted molar refractivity (Wildman–Crippen MR) is 60.6 cm³/mol. The van der Waals surface area contributed by atoms with Crippen LogP contribution in [0.2, 0.25) is 0 Å². The number of benzene rings is 1. The van der Waals surface area contributed by atoms with Gasteiger partial charge in [-0.2, -0.15) is 0 Å². The maximum absolute atomic E-state index is 9.70. The van der Waals surface area contributed by atoms with Crippen molar-refractivity contribution in [3.63, 3.8) is 0 Å². The van der Waals surface area contributed by atoms with Crippen LogP contribution in [-0.2, 0) is 4.79 Å². The van der Waals surface area contributed by atoms with Gasteiger partial charge in [0.2, 0.25) is 0 Å². The first-order chi connectivity index (χ1) is 7.11. The number of carbonyl (C=O) groups is 1. The lowest BCUT2D eigenvalue weighted by Crippen LogP contribution is -1.94. The third-order valence-electron chi connectivity index (χ3n) is 1.57. The van der Waals surface area contributed by atoms with Crippen molar-refractivity contribution in [3.05, 3.63) is 54.3 Å². The van der Waals surface area contributed by atoms with Crippen LogP contribution in [0.25, 0.3) is 6.08 Å². The maximum atomic E-state index is 9.70. The van der Waals surface area contributed by atoms with Crippen LogP contribution < -0.4 is 0 Å². The second-order valence-corrected chi connectivity index (χ2v) is 2.73. The van der Waals surface area contributed by atoms with Gasteiger partial charge < -0.3 is 10.2 Å². The molecule has 3 heteroatoms. The van der Waals surface area contributed by atoms with Gasteiger partial charge in [-0.05, 0) is 12.5 Å². The second-order valence-electron chi connectivity index (χ2n) is 2.73. The Morgan fingerprint density at radius 1 is 1.33 bits per heavy atom. The van der Waals surface area contributed by atoms with Gasteiger partial charge in [0, 0.05) is 0 Å². The van der Waals surface area contributed by atoms with Crippen LogP contribution in [0.15, 0.2) is 48.7 Å². The highest BCUT2D eigenvalue weighted by molar-refractivity contribution is 5.85. The normalized spacial score (nSPS) is 9.80. The van der Waals surface area contributed by atoms with Gasteiger partial charge in [-0.3, -0.25) is 0 Å². The van der Waals surface area contributed by atoms with Crippen molar-refractivity contribution in [2.45, 2.75) is 6.92 Å². The molecule has 1 aromatic rings. The number of carboxylic acid groups (broad SMARTS) is 1. The zero-order valence-corrected chi connectivity index (χ0v) is 8.55. The molecule has 0 spiro atoms. The van der Waals surface area contributed by atoms with Crippen molar-refractivity contribution < 1.29 is 15.0 Å². The van der Waals surface area contributed by atoms with E-state index < -0.39 is 5.97 Å². The van der Waals surface area contributed by atoms with Crippen LogP contribution in [0, 0.1) is 0 Å². The summed E-state index contributed by atoms with van der Waals surface area (Å²) in [6.45, 7) is 4.94. The lowest BCUT2D eigenvalue weighted by atomic mass is 10.2. The minimum atomic E-state index is -1.09. The topological polar surface area (TPSA) is 57.5 Å². The molecule has 80 valence electrons. The minimum Gasteiger partial charge on any atom is -0.515 e. The van der Waals surface area contributed by atoms with Gasteiger partial charge in [0.25, 0.3) is 0 Å². The van der Waals surface area contributed by atoms with Crippen LogP contribution in [0.5, 0.6) is 0 Å². The molecular formula is C12H14O3. The van der Waals surface area contributed by atoms with Gasteiger partial charge in [-0.25, -0.2) is 4.79 Å². The highest BCUT2D eigenvalue weighted by atomic mass is 16.4. The fourth-order valence-electron chi connectivity index (χ4n) is 0.644. The van der Waals surface area contributed by atoms with Gasteiger partial charge in [0.05, 0.1) is 11.8 Å². The Balaban J connectivity index is 0.000000265. The Kier molecular flexibility index (Phi) is 6.38. The second kappa shape index (κ2) is 7.38. The number of hydrogen-bond donors (Lipinski definition) is 2. The van der Waals surface area contributed by atoms with Crippen LogP contribution in [0.3, 0.4) is 0 Å². The number of aliphatic hydroxyl groups excluding tert-OH is 1. The van der Waals surface area contributed by atoms with Gasteiger partial charge in [-0.1, -0.05) is 43.0 Å². The zero-order chi connectivity index (χ0) is 11.7. The van der Waals surface area contributed by atoms with Crippen molar-refractivity contribution in [1.29, 1.82) is 0 Å². The molecule has 1 rings (SSSR count). The van der Waals surface area contributed by atoms with E-state index in [1.807, 2.05) is 36.4 Å². The van der Waals surface area contributed by atoms with E-state index in [0.717, 1.165) is 0 Å². The van der Waals surface area contributed by atoms with Gasteiger partial charge >= 0.3 is 5.97 Å². The average Bonchev–Trinajstić information content (AvgIpc) is 2.29. The Hall–Kier alpha value is -2.03. The number of aliphatic hydroxyl groups is 1. The standard InChI is InChI=1S/C8H8.C4H6O3/c1-2-8-6-4-3-5-7-8;1-3(2-5)4(6)7/h2-7H,1H2;2,5H,1H3,(H,6,7). The molecule has 2 N–H and O–H groups in total. The van der Waals surface area contributed by atoms with Crippen LogP contribution >= 0.6 is 0 Å². The summed E-state index contributed by atoms with van der Waals surface area (Å²) in [5.74, 6) is -1.09. The first kappa shape index (κ1) is 13.0. The van der Waals surface area contributed by atoms with Crippen molar-refractivity contribution in [2.75, 3.05) is 0 Å². The molecule has 0 aliphatic heterocycles. The third-order valence-corrected chi connectivity index (χ3v) is 1.57. The summed E-state index contributed by atoms with van der Waals surface area (Å²) < 4.78 is 0. The van der Waals surface area contributed by atoms with Gasteiger partial charge in [0.1, 0.15) is 0 Å². The minimum absolute atomic E-state index is 0.0556. The molecule has 0 fully saturated rings. The number of hydrogen-bond acceptors (Lipinski definition) is 2. The first-order valence-electron chi connectivity index (χ1n) is 4.33. The molecular weight excluding hydrogens is 192 g/mol. The van der Waals surface area contributed by atoms with Gasteiger partial charge in [0.15, 0.2) is 0 Å². The van der Waals surface area contributed by atoms with E-state index in [4.69, 9.17) is 10.2 Å². The smallest absolute Gasteiger partial charge is 0.334 e. The Bertz CT molecular complexity index is 339. The molecule has 0 bridgehead atoms. The molecule has 0 aromatic heterocycles. The molecule has 0 amide bonds. The number of aliphatic carboxylic acids is 1. The molecule has 1 aromatic carbocycles. The molecule has 0 saturated carbocycles. The fraction of sp³-hybridized carbons (Fsp3) is 0.0833. The third kappa shape index (κ3) is 6.10. The summed E-state index contributed by atoms with van der Waals surface area (Å²) in [7, 11) is 0. The molecule has 0 saturated heterocycles. The Labute approximate surface area is 89.0 Å². The van der Waals surface area contributed by atoms with E-state index in [-0.39, 0.29) is 5.57 Å². The molecule has 0 aliphatic rings. The summed E-state index contributed by atoms with van der Waals surface area (Å²) in [6, 6.07) is 10.0. The molecule has 0 atom stereocenters. The molecule has 15 heavy (non-hydrogen) atoms. The van der Waals surface area contributed by atoms with Crippen molar-refractivity contribution in [2.24, 2.45) is 0 Å². The van der Waals surface area contributed by atoms with E-state index in [1.165, 1.54) is 12.5 Å². The quantitative estimate of drug-likeness (QED) is 0.577. The van der Waals surface area contributed by atoms with E-state index in [0.29, 0.717) is 6.26 Å². The molecule has 3 nitrogen and oxygen atoms in total. The van der Waals surface area contributed by atoms with E-state index in [2.05, 4.69) is 6.58 Å².